The van der Waals surface area contributed by atoms with Crippen molar-refractivity contribution in [3.05, 3.63) is 0 Å². The van der Waals surface area contributed by atoms with E-state index in [1.54, 1.807) is 7.11 Å². The number of quaternary nitrogens is 1. The fourth-order valence-electron chi connectivity index (χ4n) is 1.54. The molecule has 11 heavy (non-hydrogen) atoms. The molecule has 0 unspecified atom stereocenters. The Morgan fingerprint density at radius 3 is 2.55 bits per heavy atom. The van der Waals surface area contributed by atoms with Crippen LogP contribution in [0.2, 0.25) is 0 Å². The molecule has 0 bridgehead atoms. The van der Waals surface area contributed by atoms with Gasteiger partial charge in [-0.15, -0.1) is 0 Å². The smallest absolute Gasteiger partial charge is 0.121 e. The van der Waals surface area contributed by atoms with Gasteiger partial charge in [0.1, 0.15) is 19.6 Å². The van der Waals surface area contributed by atoms with Crippen LogP contribution in [0, 0.1) is 0 Å². The molecule has 4 nitrogen and oxygen atoms in total. The van der Waals surface area contributed by atoms with Crippen LogP contribution in [-0.4, -0.2) is 51.0 Å². The molecule has 0 aromatic carbocycles. The number of piperazine rings is 1. The molecule has 0 aromatic rings. The molecule has 1 aliphatic heterocycles. The Labute approximate surface area is 67.9 Å². The number of hydrogen-bond acceptors (Lipinski definition) is 3. The molecule has 0 aromatic heterocycles. The lowest BCUT2D eigenvalue weighted by Gasteiger charge is -2.37. The zero-order chi connectivity index (χ0) is 8.16. The van der Waals surface area contributed by atoms with Gasteiger partial charge in [-0.2, -0.15) is 4.65 Å². The van der Waals surface area contributed by atoms with E-state index in [1.165, 1.54) is 0 Å². The minimum Gasteiger partial charge on any atom is -0.325 e. The molecule has 0 spiro atoms. The summed E-state index contributed by atoms with van der Waals surface area (Å²) in [4.78, 5) is 5.44. The van der Waals surface area contributed by atoms with E-state index in [0.29, 0.717) is 6.54 Å². The van der Waals surface area contributed by atoms with E-state index in [0.717, 1.165) is 37.4 Å². The SMILES string of the molecule is CO[N+]1(CCN)CCNCC1. The van der Waals surface area contributed by atoms with Crippen molar-refractivity contribution in [1.82, 2.24) is 5.32 Å². The molecule has 1 saturated heterocycles. The Hall–Kier alpha value is -0.160. The maximum absolute atomic E-state index is 5.50. The average Bonchev–Trinajstić information content (AvgIpc) is 2.07. The van der Waals surface area contributed by atoms with E-state index in [1.807, 2.05) is 0 Å². The first-order valence-electron chi connectivity index (χ1n) is 4.15. The summed E-state index contributed by atoms with van der Waals surface area (Å²) in [6, 6.07) is 0. The van der Waals surface area contributed by atoms with Crippen LogP contribution in [0.1, 0.15) is 0 Å². The van der Waals surface area contributed by atoms with Gasteiger partial charge >= 0.3 is 0 Å². The first-order chi connectivity index (χ1) is 5.33. The lowest BCUT2D eigenvalue weighted by atomic mass is 10.3. The summed E-state index contributed by atoms with van der Waals surface area (Å²) in [5.41, 5.74) is 5.50. The highest BCUT2D eigenvalue weighted by Crippen LogP contribution is 2.07. The molecule has 0 amide bonds. The number of hydrogen-bond donors (Lipinski definition) is 2. The van der Waals surface area contributed by atoms with Crippen molar-refractivity contribution in [3.63, 3.8) is 0 Å². The summed E-state index contributed by atoms with van der Waals surface area (Å²) in [5.74, 6) is 0. The second kappa shape index (κ2) is 4.01. The third kappa shape index (κ3) is 2.13. The van der Waals surface area contributed by atoms with E-state index < -0.39 is 0 Å². The topological polar surface area (TPSA) is 47.3 Å². The summed E-state index contributed by atoms with van der Waals surface area (Å²) in [7, 11) is 1.76. The highest BCUT2D eigenvalue weighted by Gasteiger charge is 2.29. The van der Waals surface area contributed by atoms with Crippen molar-refractivity contribution in [3.8, 4) is 0 Å². The van der Waals surface area contributed by atoms with E-state index in [2.05, 4.69) is 5.32 Å². The van der Waals surface area contributed by atoms with Crippen molar-refractivity contribution in [1.29, 1.82) is 0 Å². The van der Waals surface area contributed by atoms with Gasteiger partial charge in [0.15, 0.2) is 0 Å². The quantitative estimate of drug-likeness (QED) is 0.517. The van der Waals surface area contributed by atoms with E-state index >= 15 is 0 Å². The monoisotopic (exact) mass is 160 g/mol. The minimum atomic E-state index is 0.702. The molecule has 66 valence electrons. The Morgan fingerprint density at radius 1 is 1.45 bits per heavy atom. The number of rotatable bonds is 3. The molecule has 1 aliphatic rings. The predicted octanol–water partition coefficient (Wildman–Crippen LogP) is -1.07. The van der Waals surface area contributed by atoms with Gasteiger partial charge in [-0.3, -0.25) is 0 Å². The van der Waals surface area contributed by atoms with Crippen LogP contribution in [0.25, 0.3) is 0 Å². The zero-order valence-electron chi connectivity index (χ0n) is 7.18. The summed E-state index contributed by atoms with van der Waals surface area (Å²) >= 11 is 0. The Balaban J connectivity index is 2.42. The van der Waals surface area contributed by atoms with Gasteiger partial charge in [-0.1, -0.05) is 0 Å². The van der Waals surface area contributed by atoms with Crippen LogP contribution in [0.5, 0.6) is 0 Å². The van der Waals surface area contributed by atoms with Gasteiger partial charge < -0.3 is 11.1 Å². The molecule has 1 fully saturated rings. The van der Waals surface area contributed by atoms with Crippen LogP contribution < -0.4 is 11.1 Å². The molecular formula is C7H18N3O+. The van der Waals surface area contributed by atoms with Gasteiger partial charge in [0.05, 0.1) is 7.11 Å². The molecule has 0 atom stereocenters. The number of nitrogens with two attached hydrogens (primary N) is 1. The van der Waals surface area contributed by atoms with Gasteiger partial charge in [0.2, 0.25) is 0 Å². The summed E-state index contributed by atoms with van der Waals surface area (Å²) in [5, 5.41) is 3.30. The highest BCUT2D eigenvalue weighted by molar-refractivity contribution is 4.53. The molecular weight excluding hydrogens is 142 g/mol. The van der Waals surface area contributed by atoms with Gasteiger partial charge in [0.25, 0.3) is 0 Å². The minimum absolute atomic E-state index is 0.702. The Morgan fingerprint density at radius 2 is 2.09 bits per heavy atom. The fraction of sp³-hybridized carbons (Fsp3) is 1.00. The Bertz CT molecular complexity index is 107. The van der Waals surface area contributed by atoms with Crippen molar-refractivity contribution < 1.29 is 9.48 Å². The first kappa shape index (κ1) is 8.93. The zero-order valence-corrected chi connectivity index (χ0v) is 7.18. The maximum atomic E-state index is 5.50. The van der Waals surface area contributed by atoms with E-state index in [4.69, 9.17) is 10.6 Å². The van der Waals surface area contributed by atoms with Crippen molar-refractivity contribution >= 4 is 0 Å². The molecule has 1 heterocycles. The second-order valence-electron chi connectivity index (χ2n) is 2.95. The van der Waals surface area contributed by atoms with Crippen LogP contribution in [0.4, 0.5) is 0 Å². The van der Waals surface area contributed by atoms with Gasteiger partial charge in [-0.05, 0) is 0 Å². The van der Waals surface area contributed by atoms with Crippen molar-refractivity contribution in [2.45, 2.75) is 0 Å². The number of nitrogens with one attached hydrogen (secondary N) is 1. The van der Waals surface area contributed by atoms with E-state index in [9.17, 15) is 0 Å². The summed E-state index contributed by atoms with van der Waals surface area (Å²) in [6.45, 7) is 5.77. The fourth-order valence-corrected chi connectivity index (χ4v) is 1.54. The second-order valence-corrected chi connectivity index (χ2v) is 2.95. The van der Waals surface area contributed by atoms with Crippen LogP contribution in [0.3, 0.4) is 0 Å². The van der Waals surface area contributed by atoms with Crippen molar-refractivity contribution in [2.75, 3.05) is 46.4 Å². The lowest BCUT2D eigenvalue weighted by Crippen LogP contribution is -2.59. The van der Waals surface area contributed by atoms with Crippen LogP contribution in [-0.2, 0) is 4.84 Å². The standard InChI is InChI=1S/C7H18N3O/c1-11-10(5-2-8)6-3-9-4-7-10/h9H,2-8H2,1H3/q+1. The predicted molar refractivity (Wildman–Crippen MR) is 43.8 cm³/mol. The summed E-state index contributed by atoms with van der Waals surface area (Å²) in [6.07, 6.45) is 0. The van der Waals surface area contributed by atoms with Gasteiger partial charge in [-0.25, -0.2) is 4.84 Å². The first-order valence-corrected chi connectivity index (χ1v) is 4.15. The third-order valence-electron chi connectivity index (χ3n) is 2.32. The highest BCUT2D eigenvalue weighted by atomic mass is 16.7. The normalized spacial score (nSPS) is 23.5. The molecule has 0 radical (unpaired) electrons. The lowest BCUT2D eigenvalue weighted by molar-refractivity contribution is -1.10. The summed E-state index contributed by atoms with van der Waals surface area (Å²) < 4.78 is 0.726. The molecule has 1 rings (SSSR count). The van der Waals surface area contributed by atoms with Crippen LogP contribution in [0.15, 0.2) is 0 Å². The van der Waals surface area contributed by atoms with E-state index in [-0.39, 0.29) is 0 Å². The maximum Gasteiger partial charge on any atom is 0.121 e. The number of hydroxylamine groups is 3. The van der Waals surface area contributed by atoms with Crippen molar-refractivity contribution in [2.24, 2.45) is 5.73 Å². The average molecular weight is 160 g/mol. The van der Waals surface area contributed by atoms with Gasteiger partial charge in [0, 0.05) is 19.6 Å². The molecule has 0 aliphatic carbocycles. The molecule has 3 N–H and O–H groups in total. The third-order valence-corrected chi connectivity index (χ3v) is 2.32. The number of nitrogens with zero attached hydrogens (tertiary/aromatic N) is 1. The largest absolute Gasteiger partial charge is 0.325 e. The molecule has 4 heteroatoms. The van der Waals surface area contributed by atoms with Crippen LogP contribution >= 0.6 is 0 Å². The molecule has 0 saturated carbocycles. The Kier molecular flexibility index (Phi) is 3.26.